The lowest BCUT2D eigenvalue weighted by atomic mass is 10.2. The lowest BCUT2D eigenvalue weighted by Crippen LogP contribution is -2.34. The molecule has 0 spiro atoms. The van der Waals surface area contributed by atoms with Gasteiger partial charge in [-0.2, -0.15) is 0 Å². The minimum absolute atomic E-state index is 0.116. The van der Waals surface area contributed by atoms with Crippen molar-refractivity contribution in [2.45, 2.75) is 13.8 Å². The fraction of sp³-hybridized carbons (Fsp3) is 0.467. The summed E-state index contributed by atoms with van der Waals surface area (Å²) in [6.45, 7) is 4.94. The first-order valence-electron chi connectivity index (χ1n) is 6.72. The van der Waals surface area contributed by atoms with Gasteiger partial charge in [-0.25, -0.2) is 0 Å². The maximum Gasteiger partial charge on any atom is 0.260 e. The zero-order valence-corrected chi connectivity index (χ0v) is 12.8. The van der Waals surface area contributed by atoms with Crippen LogP contribution in [0, 0.1) is 0 Å². The van der Waals surface area contributed by atoms with Crippen LogP contribution in [0.15, 0.2) is 12.1 Å². The van der Waals surface area contributed by atoms with E-state index in [0.29, 0.717) is 42.2 Å². The van der Waals surface area contributed by atoms with Crippen LogP contribution in [-0.2, 0) is 4.79 Å². The van der Waals surface area contributed by atoms with E-state index in [4.69, 9.17) is 14.2 Å². The van der Waals surface area contributed by atoms with Crippen LogP contribution in [0.25, 0.3) is 0 Å². The van der Waals surface area contributed by atoms with Crippen LogP contribution >= 0.6 is 0 Å². The van der Waals surface area contributed by atoms with Crippen molar-refractivity contribution in [3.8, 4) is 17.2 Å². The highest BCUT2D eigenvalue weighted by molar-refractivity contribution is 5.80. The number of likely N-dealkylation sites (N-methyl/N-ethyl adjacent to an activating group) is 1. The Balaban J connectivity index is 2.96. The monoisotopic (exact) mass is 295 g/mol. The molecule has 0 atom stereocenters. The summed E-state index contributed by atoms with van der Waals surface area (Å²) in [6, 6.07) is 3.07. The molecule has 0 aliphatic rings. The molecule has 0 aliphatic heterocycles. The van der Waals surface area contributed by atoms with E-state index in [1.54, 1.807) is 4.90 Å². The van der Waals surface area contributed by atoms with Gasteiger partial charge in [0.05, 0.1) is 14.2 Å². The number of aldehydes is 1. The van der Waals surface area contributed by atoms with Gasteiger partial charge < -0.3 is 19.1 Å². The molecule has 1 rings (SSSR count). The van der Waals surface area contributed by atoms with E-state index in [-0.39, 0.29) is 12.5 Å². The average molecular weight is 295 g/mol. The van der Waals surface area contributed by atoms with Crippen LogP contribution in [0.5, 0.6) is 17.2 Å². The number of nitrogens with zero attached hydrogens (tertiary/aromatic N) is 1. The maximum absolute atomic E-state index is 12.0. The summed E-state index contributed by atoms with van der Waals surface area (Å²) in [5.41, 5.74) is 0.408. The summed E-state index contributed by atoms with van der Waals surface area (Å²) < 4.78 is 15.9. The fourth-order valence-corrected chi connectivity index (χ4v) is 1.91. The van der Waals surface area contributed by atoms with Crippen LogP contribution < -0.4 is 14.2 Å². The van der Waals surface area contributed by atoms with Gasteiger partial charge in [0.2, 0.25) is 5.75 Å². The number of benzene rings is 1. The standard InChI is InChI=1S/C15H21NO5/c1-5-16(6-2)14(18)10-21-15-12(19-3)7-11(9-17)8-13(15)20-4/h7-9H,5-6,10H2,1-4H3. The topological polar surface area (TPSA) is 65.1 Å². The molecule has 0 aromatic heterocycles. The molecule has 21 heavy (non-hydrogen) atoms. The van der Waals surface area contributed by atoms with Crippen LogP contribution in [-0.4, -0.2) is 51.0 Å². The van der Waals surface area contributed by atoms with Crippen molar-refractivity contribution >= 4 is 12.2 Å². The van der Waals surface area contributed by atoms with Crippen LogP contribution in [0.2, 0.25) is 0 Å². The summed E-state index contributed by atoms with van der Waals surface area (Å²) in [4.78, 5) is 24.5. The van der Waals surface area contributed by atoms with Crippen molar-refractivity contribution in [2.75, 3.05) is 33.9 Å². The van der Waals surface area contributed by atoms with Crippen LogP contribution in [0.1, 0.15) is 24.2 Å². The summed E-state index contributed by atoms with van der Waals surface area (Å²) in [5.74, 6) is 0.891. The third-order valence-electron chi connectivity index (χ3n) is 3.08. The Labute approximate surface area is 124 Å². The molecule has 0 saturated heterocycles. The zero-order chi connectivity index (χ0) is 15.8. The molecule has 0 bridgehead atoms. The number of carbonyl (C=O) groups is 2. The van der Waals surface area contributed by atoms with E-state index >= 15 is 0 Å². The first-order valence-corrected chi connectivity index (χ1v) is 6.72. The van der Waals surface area contributed by atoms with Gasteiger partial charge in [-0.3, -0.25) is 9.59 Å². The number of amides is 1. The Bertz CT molecular complexity index is 472. The molecular formula is C15H21NO5. The molecule has 0 heterocycles. The molecule has 0 N–H and O–H groups in total. The molecule has 0 fully saturated rings. The van der Waals surface area contributed by atoms with Gasteiger partial charge >= 0.3 is 0 Å². The summed E-state index contributed by atoms with van der Waals surface area (Å²) in [5, 5.41) is 0. The van der Waals surface area contributed by atoms with Gasteiger partial charge in [0.1, 0.15) is 6.29 Å². The number of hydrogen-bond acceptors (Lipinski definition) is 5. The summed E-state index contributed by atoms with van der Waals surface area (Å²) >= 11 is 0. The van der Waals surface area contributed by atoms with Gasteiger partial charge in [-0.15, -0.1) is 0 Å². The Morgan fingerprint density at radius 1 is 1.14 bits per heavy atom. The summed E-state index contributed by atoms with van der Waals surface area (Å²) in [6.07, 6.45) is 0.690. The van der Waals surface area contributed by atoms with Crippen LogP contribution in [0.3, 0.4) is 0 Å². The maximum atomic E-state index is 12.0. The SMILES string of the molecule is CCN(CC)C(=O)COc1c(OC)cc(C=O)cc1OC. The normalized spacial score (nSPS) is 9.90. The quantitative estimate of drug-likeness (QED) is 0.684. The Kier molecular flexibility index (Phi) is 6.52. The number of methoxy groups -OCH3 is 2. The van der Waals surface area contributed by atoms with Gasteiger partial charge in [0.15, 0.2) is 18.1 Å². The Morgan fingerprint density at radius 3 is 2.05 bits per heavy atom. The van der Waals surface area contributed by atoms with E-state index in [0.717, 1.165) is 0 Å². The highest BCUT2D eigenvalue weighted by Gasteiger charge is 2.17. The molecule has 116 valence electrons. The van der Waals surface area contributed by atoms with Gasteiger partial charge in [0, 0.05) is 18.7 Å². The van der Waals surface area contributed by atoms with Crippen molar-refractivity contribution in [2.24, 2.45) is 0 Å². The van der Waals surface area contributed by atoms with E-state index in [2.05, 4.69) is 0 Å². The molecule has 0 radical (unpaired) electrons. The lowest BCUT2D eigenvalue weighted by molar-refractivity contribution is -0.133. The molecule has 1 aromatic rings. The minimum Gasteiger partial charge on any atom is -0.493 e. The zero-order valence-electron chi connectivity index (χ0n) is 12.8. The lowest BCUT2D eigenvalue weighted by Gasteiger charge is -2.20. The molecular weight excluding hydrogens is 274 g/mol. The fourth-order valence-electron chi connectivity index (χ4n) is 1.91. The number of carbonyl (C=O) groups excluding carboxylic acids is 2. The van der Waals surface area contributed by atoms with Crippen molar-refractivity contribution in [1.29, 1.82) is 0 Å². The minimum atomic E-state index is -0.122. The third kappa shape index (κ3) is 4.11. The average Bonchev–Trinajstić information content (AvgIpc) is 2.52. The second-order valence-corrected chi connectivity index (χ2v) is 4.23. The van der Waals surface area contributed by atoms with Gasteiger partial charge in [-0.05, 0) is 26.0 Å². The first kappa shape index (κ1) is 16.8. The van der Waals surface area contributed by atoms with E-state index in [1.807, 2.05) is 13.8 Å². The molecule has 6 nitrogen and oxygen atoms in total. The molecule has 0 unspecified atom stereocenters. The van der Waals surface area contributed by atoms with Crippen molar-refractivity contribution < 1.29 is 23.8 Å². The second kappa shape index (κ2) is 8.14. The largest absolute Gasteiger partial charge is 0.493 e. The first-order chi connectivity index (χ1) is 10.1. The van der Waals surface area contributed by atoms with Gasteiger partial charge in [0.25, 0.3) is 5.91 Å². The Morgan fingerprint density at radius 2 is 1.67 bits per heavy atom. The highest BCUT2D eigenvalue weighted by atomic mass is 16.5. The van der Waals surface area contributed by atoms with E-state index < -0.39 is 0 Å². The number of ether oxygens (including phenoxy) is 3. The molecule has 0 aliphatic carbocycles. The molecule has 0 saturated carbocycles. The third-order valence-corrected chi connectivity index (χ3v) is 3.08. The smallest absolute Gasteiger partial charge is 0.260 e. The van der Waals surface area contributed by atoms with Crippen LogP contribution in [0.4, 0.5) is 0 Å². The Hall–Kier alpha value is -2.24. The number of hydrogen-bond donors (Lipinski definition) is 0. The predicted molar refractivity (Wildman–Crippen MR) is 78.4 cm³/mol. The van der Waals surface area contributed by atoms with E-state index in [9.17, 15) is 9.59 Å². The van der Waals surface area contributed by atoms with Gasteiger partial charge in [-0.1, -0.05) is 0 Å². The predicted octanol–water partition coefficient (Wildman–Crippen LogP) is 1.76. The number of rotatable bonds is 8. The highest BCUT2D eigenvalue weighted by Crippen LogP contribution is 2.38. The molecule has 1 aromatic carbocycles. The molecule has 6 heteroatoms. The van der Waals surface area contributed by atoms with Crippen molar-refractivity contribution in [3.05, 3.63) is 17.7 Å². The van der Waals surface area contributed by atoms with Crippen molar-refractivity contribution in [3.63, 3.8) is 0 Å². The molecule has 1 amide bonds. The summed E-state index contributed by atoms with van der Waals surface area (Å²) in [7, 11) is 2.92. The van der Waals surface area contributed by atoms with Crippen molar-refractivity contribution in [1.82, 2.24) is 4.90 Å². The van der Waals surface area contributed by atoms with E-state index in [1.165, 1.54) is 26.4 Å². The second-order valence-electron chi connectivity index (χ2n) is 4.23.